The number of nitrogens with one attached hydrogen (secondary N) is 1. The Morgan fingerprint density at radius 1 is 1.05 bits per heavy atom. The number of carbonyl (C=O) groups excluding carboxylic acids is 3. The number of benzene rings is 3. The number of amides is 3. The minimum Gasteiger partial charge on any atom is -0.490 e. The second-order valence-corrected chi connectivity index (χ2v) is 9.53. The molecule has 1 aliphatic heterocycles. The van der Waals surface area contributed by atoms with Crippen LogP contribution < -0.4 is 14.8 Å². The zero-order valence-corrected chi connectivity index (χ0v) is 22.0. The van der Waals surface area contributed by atoms with Gasteiger partial charge >= 0.3 is 0 Å². The number of rotatable bonds is 10. The molecule has 3 amide bonds. The zero-order chi connectivity index (χ0) is 27.9. The Bertz CT molecular complexity index is 1450. The normalized spacial score (nSPS) is 14.0. The predicted molar refractivity (Wildman–Crippen MR) is 148 cm³/mol. The number of thioether (sulfide) groups is 1. The second kappa shape index (κ2) is 12.3. The Balaban J connectivity index is 1.43. The number of nitro benzene ring substituents is 1. The van der Waals surface area contributed by atoms with Crippen LogP contribution in [0.4, 0.5) is 16.2 Å². The number of nitrogens with zero attached hydrogens (tertiary/aromatic N) is 2. The largest absolute Gasteiger partial charge is 0.490 e. The Kier molecular flexibility index (Phi) is 8.62. The standard InChI is InChI=1S/C28H25N3O7S/c1-3-37-24-14-20(9-12-23(24)38-17-26(32)29-21-6-4-5-18(2)13-21)15-25-27(33)30(28(34)39-25)16-19-7-10-22(11-8-19)31(35)36/h4-15H,3,16-17H2,1-2H3,(H,29,32)/b25-15+. The van der Waals surface area contributed by atoms with Gasteiger partial charge in [-0.2, -0.15) is 0 Å². The Hall–Kier alpha value is -4.64. The van der Waals surface area contributed by atoms with Gasteiger partial charge in [0.25, 0.3) is 22.7 Å². The molecule has 1 fully saturated rings. The lowest BCUT2D eigenvalue weighted by Gasteiger charge is -2.13. The molecular weight excluding hydrogens is 522 g/mol. The number of imide groups is 1. The molecule has 0 spiro atoms. The van der Waals surface area contributed by atoms with Crippen molar-refractivity contribution in [2.24, 2.45) is 0 Å². The number of nitro groups is 1. The quantitative estimate of drug-likeness (QED) is 0.199. The summed E-state index contributed by atoms with van der Waals surface area (Å²) >= 11 is 0.809. The maximum absolute atomic E-state index is 12.9. The number of ether oxygens (including phenoxy) is 2. The smallest absolute Gasteiger partial charge is 0.293 e. The van der Waals surface area contributed by atoms with Crippen molar-refractivity contribution in [3.05, 3.63) is 98.4 Å². The number of non-ortho nitro benzene ring substituents is 1. The third kappa shape index (κ3) is 7.02. The van der Waals surface area contributed by atoms with E-state index >= 15 is 0 Å². The van der Waals surface area contributed by atoms with Crippen molar-refractivity contribution in [3.63, 3.8) is 0 Å². The molecule has 39 heavy (non-hydrogen) atoms. The van der Waals surface area contributed by atoms with E-state index in [0.717, 1.165) is 22.2 Å². The van der Waals surface area contributed by atoms with Crippen molar-refractivity contribution in [2.45, 2.75) is 20.4 Å². The first kappa shape index (κ1) is 27.4. The van der Waals surface area contributed by atoms with Crippen molar-refractivity contribution in [3.8, 4) is 11.5 Å². The van der Waals surface area contributed by atoms with Crippen molar-refractivity contribution >= 4 is 46.3 Å². The molecule has 3 aromatic carbocycles. The average molecular weight is 548 g/mol. The SMILES string of the molecule is CCOc1cc(/C=C2/SC(=O)N(Cc3ccc([N+](=O)[O-])cc3)C2=O)ccc1OCC(=O)Nc1cccc(C)c1. The first-order valence-electron chi connectivity index (χ1n) is 12.0. The van der Waals surface area contributed by atoms with Crippen LogP contribution in [0.15, 0.2) is 71.6 Å². The first-order valence-corrected chi connectivity index (χ1v) is 12.8. The summed E-state index contributed by atoms with van der Waals surface area (Å²) < 4.78 is 11.4. The van der Waals surface area contributed by atoms with Crippen LogP contribution in [0, 0.1) is 17.0 Å². The van der Waals surface area contributed by atoms with Gasteiger partial charge in [-0.25, -0.2) is 0 Å². The molecule has 4 rings (SSSR count). The summed E-state index contributed by atoms with van der Waals surface area (Å²) in [6.45, 7) is 3.86. The molecule has 3 aromatic rings. The highest BCUT2D eigenvalue weighted by Gasteiger charge is 2.35. The van der Waals surface area contributed by atoms with Crippen LogP contribution in [-0.4, -0.2) is 40.1 Å². The fourth-order valence-electron chi connectivity index (χ4n) is 3.76. The molecule has 1 saturated heterocycles. The second-order valence-electron chi connectivity index (χ2n) is 8.54. The van der Waals surface area contributed by atoms with E-state index in [9.17, 15) is 24.5 Å². The summed E-state index contributed by atoms with van der Waals surface area (Å²) in [5, 5.41) is 13.2. The number of hydrogen-bond acceptors (Lipinski definition) is 8. The zero-order valence-electron chi connectivity index (χ0n) is 21.2. The molecule has 10 nitrogen and oxygen atoms in total. The van der Waals surface area contributed by atoms with E-state index in [4.69, 9.17) is 9.47 Å². The molecule has 200 valence electrons. The number of anilines is 1. The van der Waals surface area contributed by atoms with Gasteiger partial charge in [0.2, 0.25) is 0 Å². The van der Waals surface area contributed by atoms with E-state index in [1.54, 1.807) is 30.3 Å². The van der Waals surface area contributed by atoms with Gasteiger partial charge in [-0.05, 0) is 72.6 Å². The fourth-order valence-corrected chi connectivity index (χ4v) is 4.60. The van der Waals surface area contributed by atoms with Crippen molar-refractivity contribution in [1.82, 2.24) is 4.90 Å². The molecule has 11 heteroatoms. The van der Waals surface area contributed by atoms with Crippen LogP contribution in [0.3, 0.4) is 0 Å². The topological polar surface area (TPSA) is 128 Å². The fraction of sp³-hybridized carbons (Fsp3) is 0.179. The lowest BCUT2D eigenvalue weighted by molar-refractivity contribution is -0.384. The Morgan fingerprint density at radius 2 is 1.82 bits per heavy atom. The summed E-state index contributed by atoms with van der Waals surface area (Å²) in [5.41, 5.74) is 2.82. The summed E-state index contributed by atoms with van der Waals surface area (Å²) in [5.74, 6) is -0.0392. The lowest BCUT2D eigenvalue weighted by Crippen LogP contribution is -2.27. The highest BCUT2D eigenvalue weighted by molar-refractivity contribution is 8.18. The highest BCUT2D eigenvalue weighted by atomic mass is 32.2. The molecular formula is C28H25N3O7S. The van der Waals surface area contributed by atoms with E-state index in [2.05, 4.69) is 5.32 Å². The van der Waals surface area contributed by atoms with Crippen LogP contribution in [0.2, 0.25) is 0 Å². The van der Waals surface area contributed by atoms with Crippen LogP contribution in [0.5, 0.6) is 11.5 Å². The third-order valence-electron chi connectivity index (χ3n) is 5.59. The maximum Gasteiger partial charge on any atom is 0.293 e. The monoisotopic (exact) mass is 547 g/mol. The van der Waals surface area contributed by atoms with E-state index in [1.807, 2.05) is 32.0 Å². The lowest BCUT2D eigenvalue weighted by atomic mass is 10.1. The summed E-state index contributed by atoms with van der Waals surface area (Å²) in [4.78, 5) is 49.5. The third-order valence-corrected chi connectivity index (χ3v) is 6.49. The van der Waals surface area contributed by atoms with Gasteiger partial charge in [-0.15, -0.1) is 0 Å². The molecule has 1 N–H and O–H groups in total. The summed E-state index contributed by atoms with van der Waals surface area (Å²) in [6, 6.07) is 18.1. The van der Waals surface area contributed by atoms with Gasteiger partial charge in [-0.1, -0.05) is 30.3 Å². The molecule has 0 saturated carbocycles. The molecule has 0 atom stereocenters. The molecule has 1 aliphatic rings. The average Bonchev–Trinajstić information content (AvgIpc) is 3.16. The molecule has 0 aromatic heterocycles. The first-order chi connectivity index (χ1) is 18.7. The molecule has 0 bridgehead atoms. The van der Waals surface area contributed by atoms with E-state index in [0.29, 0.717) is 34.9 Å². The van der Waals surface area contributed by atoms with E-state index in [-0.39, 0.29) is 29.7 Å². The Morgan fingerprint density at radius 3 is 2.51 bits per heavy atom. The van der Waals surface area contributed by atoms with Crippen LogP contribution in [0.1, 0.15) is 23.6 Å². The molecule has 0 radical (unpaired) electrons. The van der Waals surface area contributed by atoms with Gasteiger partial charge in [-0.3, -0.25) is 29.4 Å². The summed E-state index contributed by atoms with van der Waals surface area (Å²) in [6.07, 6.45) is 1.58. The minimum absolute atomic E-state index is 0.00158. The van der Waals surface area contributed by atoms with Gasteiger partial charge < -0.3 is 14.8 Å². The van der Waals surface area contributed by atoms with Crippen LogP contribution >= 0.6 is 11.8 Å². The minimum atomic E-state index is -0.514. The van der Waals surface area contributed by atoms with Gasteiger partial charge in [0.15, 0.2) is 18.1 Å². The number of carbonyl (C=O) groups is 3. The van der Waals surface area contributed by atoms with Crippen molar-refractivity contribution in [1.29, 1.82) is 0 Å². The van der Waals surface area contributed by atoms with Crippen LogP contribution in [0.25, 0.3) is 6.08 Å². The number of hydrogen-bond donors (Lipinski definition) is 1. The van der Waals surface area contributed by atoms with Crippen molar-refractivity contribution in [2.75, 3.05) is 18.5 Å². The maximum atomic E-state index is 12.9. The molecule has 1 heterocycles. The van der Waals surface area contributed by atoms with Crippen LogP contribution in [-0.2, 0) is 16.1 Å². The highest BCUT2D eigenvalue weighted by Crippen LogP contribution is 2.35. The van der Waals surface area contributed by atoms with Gasteiger partial charge in [0.1, 0.15) is 0 Å². The van der Waals surface area contributed by atoms with Gasteiger partial charge in [0.05, 0.1) is 23.0 Å². The number of aryl methyl sites for hydroxylation is 1. The van der Waals surface area contributed by atoms with Crippen molar-refractivity contribution < 1.29 is 28.8 Å². The van der Waals surface area contributed by atoms with E-state index in [1.165, 1.54) is 24.3 Å². The summed E-state index contributed by atoms with van der Waals surface area (Å²) in [7, 11) is 0. The molecule has 0 aliphatic carbocycles. The molecule has 0 unspecified atom stereocenters. The predicted octanol–water partition coefficient (Wildman–Crippen LogP) is 5.56. The Labute approximate surface area is 228 Å². The van der Waals surface area contributed by atoms with Gasteiger partial charge in [0, 0.05) is 17.8 Å². The van der Waals surface area contributed by atoms with E-state index < -0.39 is 16.1 Å².